The Hall–Kier alpha value is -2.03. The molecule has 1 N–H and O–H groups in total. The smallest absolute Gasteiger partial charge is 0.125 e. The number of nitrogens with one attached hydrogen (secondary N) is 1. The molecule has 0 radical (unpaired) electrons. The first-order chi connectivity index (χ1) is 9.69. The third kappa shape index (κ3) is 3.98. The molecule has 0 amide bonds. The highest BCUT2D eigenvalue weighted by molar-refractivity contribution is 5.49. The topological polar surface area (TPSA) is 15.3 Å². The van der Waals surface area contributed by atoms with Crippen LogP contribution in [-0.2, 0) is 0 Å². The van der Waals surface area contributed by atoms with Gasteiger partial charge in [0.2, 0.25) is 0 Å². The molecule has 0 aliphatic rings. The number of likely N-dealkylation sites (N-methyl/N-ethyl adjacent to an activating group) is 1. The monoisotopic (exact) mass is 272 g/mol. The van der Waals surface area contributed by atoms with Gasteiger partial charge in [0.1, 0.15) is 5.82 Å². The van der Waals surface area contributed by atoms with Crippen molar-refractivity contribution in [2.24, 2.45) is 0 Å². The van der Waals surface area contributed by atoms with Gasteiger partial charge in [-0.3, -0.25) is 0 Å². The highest BCUT2D eigenvalue weighted by atomic mass is 19.1. The van der Waals surface area contributed by atoms with E-state index >= 15 is 0 Å². The molecule has 2 rings (SSSR count). The van der Waals surface area contributed by atoms with Crippen LogP contribution in [0.15, 0.2) is 48.5 Å². The van der Waals surface area contributed by atoms with E-state index in [1.54, 1.807) is 6.07 Å². The van der Waals surface area contributed by atoms with Crippen molar-refractivity contribution >= 4 is 11.4 Å². The maximum Gasteiger partial charge on any atom is 0.125 e. The molecule has 20 heavy (non-hydrogen) atoms. The summed E-state index contributed by atoms with van der Waals surface area (Å²) in [4.78, 5) is 2.30. The molecular formula is C17H21FN2. The van der Waals surface area contributed by atoms with E-state index in [0.29, 0.717) is 0 Å². The van der Waals surface area contributed by atoms with Crippen LogP contribution in [0.1, 0.15) is 12.5 Å². The second-order valence-electron chi connectivity index (χ2n) is 4.86. The van der Waals surface area contributed by atoms with Crippen LogP contribution in [0.3, 0.4) is 0 Å². The summed E-state index contributed by atoms with van der Waals surface area (Å²) in [5, 5.41) is 3.25. The molecule has 106 valence electrons. The molecule has 0 saturated heterocycles. The Morgan fingerprint density at radius 1 is 1.10 bits per heavy atom. The molecule has 0 bridgehead atoms. The van der Waals surface area contributed by atoms with E-state index in [0.717, 1.165) is 25.3 Å². The maximum atomic E-state index is 13.1. The van der Waals surface area contributed by atoms with Crippen molar-refractivity contribution < 1.29 is 4.39 Å². The van der Waals surface area contributed by atoms with E-state index in [-0.39, 0.29) is 5.82 Å². The summed E-state index contributed by atoms with van der Waals surface area (Å²) in [6, 6.07) is 15.1. The molecule has 2 nitrogen and oxygen atoms in total. The van der Waals surface area contributed by atoms with Crippen LogP contribution in [0.4, 0.5) is 15.8 Å². The minimum absolute atomic E-state index is 0.207. The fourth-order valence-electron chi connectivity index (χ4n) is 2.23. The van der Waals surface area contributed by atoms with Crippen molar-refractivity contribution in [2.75, 3.05) is 29.9 Å². The standard InChI is InChI=1S/C17H21FN2/c1-3-20(17-9-4-6-14(2)12-17)11-10-19-16-8-5-7-15(18)13-16/h4-9,12-13,19H,3,10-11H2,1-2H3. The van der Waals surface area contributed by atoms with Gasteiger partial charge < -0.3 is 10.2 Å². The van der Waals surface area contributed by atoms with Gasteiger partial charge in [-0.2, -0.15) is 0 Å². The molecule has 3 heteroatoms. The van der Waals surface area contributed by atoms with Gasteiger partial charge in [0.15, 0.2) is 0 Å². The Morgan fingerprint density at radius 3 is 2.60 bits per heavy atom. The molecule has 0 atom stereocenters. The highest BCUT2D eigenvalue weighted by Gasteiger charge is 2.04. The van der Waals surface area contributed by atoms with Crippen molar-refractivity contribution in [3.8, 4) is 0 Å². The van der Waals surface area contributed by atoms with Gasteiger partial charge in [0.25, 0.3) is 0 Å². The number of nitrogens with zero attached hydrogens (tertiary/aromatic N) is 1. The van der Waals surface area contributed by atoms with Gasteiger partial charge in [-0.25, -0.2) is 4.39 Å². The zero-order valence-corrected chi connectivity index (χ0v) is 12.1. The van der Waals surface area contributed by atoms with Gasteiger partial charge >= 0.3 is 0 Å². The number of hydrogen-bond acceptors (Lipinski definition) is 2. The van der Waals surface area contributed by atoms with Crippen molar-refractivity contribution in [1.82, 2.24) is 0 Å². The SMILES string of the molecule is CCN(CCNc1cccc(F)c1)c1cccc(C)c1. The van der Waals surface area contributed by atoms with Crippen LogP contribution in [0.2, 0.25) is 0 Å². The lowest BCUT2D eigenvalue weighted by Gasteiger charge is -2.24. The van der Waals surface area contributed by atoms with Crippen LogP contribution in [0, 0.1) is 12.7 Å². The van der Waals surface area contributed by atoms with E-state index in [1.807, 2.05) is 6.07 Å². The van der Waals surface area contributed by atoms with Crippen LogP contribution >= 0.6 is 0 Å². The Bertz CT molecular complexity index is 554. The summed E-state index contributed by atoms with van der Waals surface area (Å²) >= 11 is 0. The summed E-state index contributed by atoms with van der Waals surface area (Å²) in [6.45, 7) is 6.86. The van der Waals surface area contributed by atoms with E-state index in [1.165, 1.54) is 23.4 Å². The highest BCUT2D eigenvalue weighted by Crippen LogP contribution is 2.15. The van der Waals surface area contributed by atoms with Gasteiger partial charge in [-0.15, -0.1) is 0 Å². The molecule has 2 aromatic rings. The van der Waals surface area contributed by atoms with Crippen LogP contribution in [0.5, 0.6) is 0 Å². The molecule has 0 aliphatic carbocycles. The molecular weight excluding hydrogens is 251 g/mol. The molecule has 0 aromatic heterocycles. The molecule has 0 fully saturated rings. The zero-order valence-electron chi connectivity index (χ0n) is 12.1. The Morgan fingerprint density at radius 2 is 1.90 bits per heavy atom. The summed E-state index contributed by atoms with van der Waals surface area (Å²) in [6.07, 6.45) is 0. The fraction of sp³-hybridized carbons (Fsp3) is 0.294. The minimum Gasteiger partial charge on any atom is -0.383 e. The summed E-state index contributed by atoms with van der Waals surface area (Å²) in [5.74, 6) is -0.207. The summed E-state index contributed by atoms with van der Waals surface area (Å²) < 4.78 is 13.1. The predicted molar refractivity (Wildman–Crippen MR) is 84.0 cm³/mol. The average molecular weight is 272 g/mol. The third-order valence-corrected chi connectivity index (χ3v) is 3.28. The number of hydrogen-bond donors (Lipinski definition) is 1. The summed E-state index contributed by atoms with van der Waals surface area (Å²) in [7, 11) is 0. The maximum absolute atomic E-state index is 13.1. The second kappa shape index (κ2) is 6.94. The molecule has 0 spiro atoms. The number of halogens is 1. The van der Waals surface area contributed by atoms with Crippen LogP contribution in [0.25, 0.3) is 0 Å². The lowest BCUT2D eigenvalue weighted by atomic mass is 10.2. The van der Waals surface area contributed by atoms with E-state index in [2.05, 4.69) is 48.3 Å². The number of anilines is 2. The lowest BCUT2D eigenvalue weighted by molar-refractivity contribution is 0.628. The first-order valence-corrected chi connectivity index (χ1v) is 7.00. The van der Waals surface area contributed by atoms with Crippen LogP contribution < -0.4 is 10.2 Å². The molecule has 0 aliphatic heterocycles. The Kier molecular flexibility index (Phi) is 4.99. The molecule has 0 heterocycles. The van der Waals surface area contributed by atoms with Crippen LogP contribution in [-0.4, -0.2) is 19.6 Å². The first-order valence-electron chi connectivity index (χ1n) is 7.00. The first kappa shape index (κ1) is 14.4. The molecule has 0 unspecified atom stereocenters. The number of aryl methyl sites for hydroxylation is 1. The fourth-order valence-corrected chi connectivity index (χ4v) is 2.23. The minimum atomic E-state index is -0.207. The van der Waals surface area contributed by atoms with Gasteiger partial charge in [-0.05, 0) is 49.7 Å². The second-order valence-corrected chi connectivity index (χ2v) is 4.86. The van der Waals surface area contributed by atoms with E-state index in [9.17, 15) is 4.39 Å². The molecule has 2 aromatic carbocycles. The van der Waals surface area contributed by atoms with E-state index < -0.39 is 0 Å². The third-order valence-electron chi connectivity index (χ3n) is 3.28. The number of benzene rings is 2. The van der Waals surface area contributed by atoms with Crippen molar-refractivity contribution in [3.05, 3.63) is 59.9 Å². The predicted octanol–water partition coefficient (Wildman–Crippen LogP) is 4.07. The number of rotatable bonds is 6. The largest absolute Gasteiger partial charge is 0.383 e. The quantitative estimate of drug-likeness (QED) is 0.852. The zero-order chi connectivity index (χ0) is 14.4. The average Bonchev–Trinajstić information content (AvgIpc) is 2.44. The van der Waals surface area contributed by atoms with Crippen molar-refractivity contribution in [3.63, 3.8) is 0 Å². The van der Waals surface area contributed by atoms with Gasteiger partial charge in [0, 0.05) is 31.0 Å². The van der Waals surface area contributed by atoms with Gasteiger partial charge in [0.05, 0.1) is 0 Å². The summed E-state index contributed by atoms with van der Waals surface area (Å²) in [5.41, 5.74) is 3.32. The Balaban J connectivity index is 1.91. The van der Waals surface area contributed by atoms with Crippen molar-refractivity contribution in [1.29, 1.82) is 0 Å². The Labute approximate surface area is 120 Å². The lowest BCUT2D eigenvalue weighted by Crippen LogP contribution is -2.28. The van der Waals surface area contributed by atoms with Crippen molar-refractivity contribution in [2.45, 2.75) is 13.8 Å². The van der Waals surface area contributed by atoms with Gasteiger partial charge in [-0.1, -0.05) is 18.2 Å². The van der Waals surface area contributed by atoms with E-state index in [4.69, 9.17) is 0 Å². The molecule has 0 saturated carbocycles. The normalized spacial score (nSPS) is 10.3.